The van der Waals surface area contributed by atoms with Gasteiger partial charge >= 0.3 is 6.03 Å². The number of hydrogen-bond acceptors (Lipinski definition) is 4. The molecule has 0 saturated carbocycles. The number of carbonyl (C=O) groups excluding carboxylic acids is 3. The molecule has 0 N–H and O–H groups in total. The highest BCUT2D eigenvalue weighted by atomic mass is 32.2. The van der Waals surface area contributed by atoms with E-state index in [4.69, 9.17) is 0 Å². The second-order valence-corrected chi connectivity index (χ2v) is 6.56. The Morgan fingerprint density at radius 3 is 2.12 bits per heavy atom. The molecule has 2 heterocycles. The number of thioether (sulfide) groups is 1. The molecule has 0 spiro atoms. The summed E-state index contributed by atoms with van der Waals surface area (Å²) in [6.45, 7) is 5.91. The molecule has 0 bridgehead atoms. The minimum absolute atomic E-state index is 0.0225. The lowest BCUT2D eigenvalue weighted by atomic mass is 9.95. The number of allylic oxidation sites excluding steroid dienone is 4. The molecule has 1 aromatic carbocycles. The van der Waals surface area contributed by atoms with Crippen LogP contribution in [0.25, 0.3) is 5.57 Å². The Morgan fingerprint density at radius 2 is 1.54 bits per heavy atom. The number of amides is 4. The highest BCUT2D eigenvalue weighted by Gasteiger charge is 2.40. The molecule has 0 aliphatic carbocycles. The monoisotopic (exact) mass is 370 g/mol. The molecule has 26 heavy (non-hydrogen) atoms. The molecular weight excluding hydrogens is 348 g/mol. The fourth-order valence-corrected chi connectivity index (χ4v) is 3.73. The first-order valence-electron chi connectivity index (χ1n) is 8.41. The molecule has 0 radical (unpaired) electrons. The molecule has 1 fully saturated rings. The van der Waals surface area contributed by atoms with Crippen molar-refractivity contribution >= 4 is 35.2 Å². The summed E-state index contributed by atoms with van der Waals surface area (Å²) in [7, 11) is 2.77. The predicted octanol–water partition coefficient (Wildman–Crippen LogP) is 4.08. The summed E-state index contributed by atoms with van der Waals surface area (Å²) in [5, 5.41) is 0. The molecule has 0 unspecified atom stereocenters. The van der Waals surface area contributed by atoms with Gasteiger partial charge in [-0.05, 0) is 24.6 Å². The van der Waals surface area contributed by atoms with Crippen LogP contribution in [0.15, 0.2) is 57.9 Å². The number of rotatable bonds is 1. The molecule has 6 heteroatoms. The van der Waals surface area contributed by atoms with Crippen molar-refractivity contribution in [3.63, 3.8) is 0 Å². The Labute approximate surface area is 158 Å². The zero-order chi connectivity index (χ0) is 19.4. The summed E-state index contributed by atoms with van der Waals surface area (Å²) in [5.41, 5.74) is 1.40. The molecule has 1 saturated heterocycles. The van der Waals surface area contributed by atoms with Crippen molar-refractivity contribution in [3.8, 4) is 0 Å². The molecular formula is C20H22N2O3S. The standard InChI is InChI=1S/C18H16N2O3S.C2H6/c1-4-7-11-10-13(12-8-5-6-9-14(12)24-11)15-16(21)19(2)18(23)20(3)17(15)22;1-2/h4-10H,1-3H3;1-2H3/b7-4+;. The number of hydrogen-bond donors (Lipinski definition) is 0. The van der Waals surface area contributed by atoms with Crippen molar-refractivity contribution < 1.29 is 14.4 Å². The van der Waals surface area contributed by atoms with Crippen LogP contribution >= 0.6 is 11.8 Å². The molecule has 4 amide bonds. The first kappa shape index (κ1) is 19.7. The smallest absolute Gasteiger partial charge is 0.268 e. The number of fused-ring (bicyclic) bond motifs is 1. The highest BCUT2D eigenvalue weighted by Crippen LogP contribution is 2.42. The number of imide groups is 2. The molecule has 136 valence electrons. The largest absolute Gasteiger partial charge is 0.333 e. The van der Waals surface area contributed by atoms with E-state index in [1.807, 2.05) is 63.3 Å². The third-order valence-corrected chi connectivity index (χ3v) is 4.97. The van der Waals surface area contributed by atoms with E-state index < -0.39 is 17.8 Å². The summed E-state index contributed by atoms with van der Waals surface area (Å²) in [4.78, 5) is 41.0. The number of urea groups is 1. The average molecular weight is 370 g/mol. The Bertz CT molecular complexity index is 826. The zero-order valence-corrected chi connectivity index (χ0v) is 16.4. The van der Waals surface area contributed by atoms with Gasteiger partial charge < -0.3 is 0 Å². The van der Waals surface area contributed by atoms with Crippen molar-refractivity contribution in [2.24, 2.45) is 0 Å². The van der Waals surface area contributed by atoms with Crippen molar-refractivity contribution in [3.05, 3.63) is 58.5 Å². The second kappa shape index (κ2) is 8.19. The first-order valence-corrected chi connectivity index (χ1v) is 9.23. The Balaban J connectivity index is 0.00000117. The van der Waals surface area contributed by atoms with E-state index >= 15 is 0 Å². The van der Waals surface area contributed by atoms with Gasteiger partial charge in [0.2, 0.25) is 0 Å². The van der Waals surface area contributed by atoms with Crippen LogP contribution in [-0.4, -0.2) is 41.7 Å². The summed E-state index contributed by atoms with van der Waals surface area (Å²) in [5.74, 6) is -1.15. The number of benzene rings is 1. The van der Waals surface area contributed by atoms with E-state index in [2.05, 4.69) is 0 Å². The second-order valence-electron chi connectivity index (χ2n) is 5.44. The van der Waals surface area contributed by atoms with Gasteiger partial charge in [0.05, 0.1) is 0 Å². The summed E-state index contributed by atoms with van der Waals surface area (Å²) >= 11 is 1.58. The lowest BCUT2D eigenvalue weighted by Gasteiger charge is -2.31. The quantitative estimate of drug-likeness (QED) is 0.552. The Kier molecular flexibility index (Phi) is 6.21. The van der Waals surface area contributed by atoms with Crippen LogP contribution < -0.4 is 0 Å². The number of likely N-dealkylation sites (N-methyl/N-ethyl adjacent to an activating group) is 2. The number of carbonyl (C=O) groups is 3. The third kappa shape index (κ3) is 3.37. The predicted molar refractivity (Wildman–Crippen MR) is 104 cm³/mol. The van der Waals surface area contributed by atoms with Gasteiger partial charge in [-0.2, -0.15) is 0 Å². The average Bonchev–Trinajstić information content (AvgIpc) is 2.67. The van der Waals surface area contributed by atoms with Crippen molar-refractivity contribution in [2.75, 3.05) is 14.1 Å². The highest BCUT2D eigenvalue weighted by molar-refractivity contribution is 8.03. The number of barbiturate groups is 1. The molecule has 0 aromatic heterocycles. The van der Waals surface area contributed by atoms with Crippen LogP contribution in [-0.2, 0) is 9.59 Å². The van der Waals surface area contributed by atoms with E-state index in [0.717, 1.165) is 25.2 Å². The molecule has 5 nitrogen and oxygen atoms in total. The minimum Gasteiger partial charge on any atom is -0.268 e. The van der Waals surface area contributed by atoms with Crippen molar-refractivity contribution in [1.82, 2.24) is 9.80 Å². The van der Waals surface area contributed by atoms with Gasteiger partial charge in [-0.15, -0.1) is 0 Å². The first-order chi connectivity index (χ1) is 12.5. The summed E-state index contributed by atoms with van der Waals surface area (Å²) in [6.07, 6.45) is 5.66. The van der Waals surface area contributed by atoms with Crippen LogP contribution in [0.2, 0.25) is 0 Å². The topological polar surface area (TPSA) is 57.7 Å². The Morgan fingerprint density at radius 1 is 0.962 bits per heavy atom. The molecule has 2 aliphatic rings. The van der Waals surface area contributed by atoms with Gasteiger partial charge in [0.15, 0.2) is 0 Å². The maximum absolute atomic E-state index is 12.6. The van der Waals surface area contributed by atoms with Crippen LogP contribution in [0.1, 0.15) is 26.3 Å². The number of nitrogens with zero attached hydrogens (tertiary/aromatic N) is 2. The molecule has 2 aliphatic heterocycles. The van der Waals surface area contributed by atoms with E-state index in [1.165, 1.54) is 14.1 Å². The van der Waals surface area contributed by atoms with Crippen LogP contribution in [0.4, 0.5) is 4.79 Å². The SMILES string of the molecule is C/C=C/C1=CC(=C2C(=O)N(C)C(=O)N(C)C2=O)c2ccccc2S1.CC. The summed E-state index contributed by atoms with van der Waals surface area (Å²) < 4.78 is 0. The molecule has 0 atom stereocenters. The molecule has 1 aromatic rings. The maximum atomic E-state index is 12.6. The van der Waals surface area contributed by atoms with Gasteiger partial charge in [-0.25, -0.2) is 4.79 Å². The van der Waals surface area contributed by atoms with Crippen LogP contribution in [0.5, 0.6) is 0 Å². The van der Waals surface area contributed by atoms with Gasteiger partial charge in [-0.3, -0.25) is 19.4 Å². The normalized spacial score (nSPS) is 17.3. The summed E-state index contributed by atoms with van der Waals surface area (Å²) in [6, 6.07) is 6.99. The van der Waals surface area contributed by atoms with Gasteiger partial charge in [0.25, 0.3) is 11.8 Å². The van der Waals surface area contributed by atoms with E-state index in [-0.39, 0.29) is 5.57 Å². The van der Waals surface area contributed by atoms with Crippen LogP contribution in [0, 0.1) is 0 Å². The fraction of sp³-hybridized carbons (Fsp3) is 0.250. The van der Waals surface area contributed by atoms with Crippen LogP contribution in [0.3, 0.4) is 0 Å². The van der Waals surface area contributed by atoms with Crippen molar-refractivity contribution in [1.29, 1.82) is 0 Å². The third-order valence-electron chi connectivity index (χ3n) is 3.90. The van der Waals surface area contributed by atoms with Gasteiger partial charge in [0.1, 0.15) is 5.57 Å². The lowest BCUT2D eigenvalue weighted by Crippen LogP contribution is -2.53. The molecule has 3 rings (SSSR count). The lowest BCUT2D eigenvalue weighted by molar-refractivity contribution is -0.134. The van der Waals surface area contributed by atoms with E-state index in [9.17, 15) is 14.4 Å². The van der Waals surface area contributed by atoms with Gasteiger partial charge in [0, 0.05) is 29.5 Å². The Hall–Kier alpha value is -2.60. The maximum Gasteiger partial charge on any atom is 0.333 e. The van der Waals surface area contributed by atoms with E-state index in [0.29, 0.717) is 5.57 Å². The fourth-order valence-electron chi connectivity index (χ4n) is 2.66. The van der Waals surface area contributed by atoms with Gasteiger partial charge in [-0.1, -0.05) is 56.0 Å². The minimum atomic E-state index is -0.620. The zero-order valence-electron chi connectivity index (χ0n) is 15.6. The van der Waals surface area contributed by atoms with Crippen molar-refractivity contribution in [2.45, 2.75) is 25.7 Å². The van der Waals surface area contributed by atoms with E-state index in [1.54, 1.807) is 11.8 Å².